The topological polar surface area (TPSA) is 86.6 Å². The number of unbranched alkanes of at least 4 members (excludes halogenated alkanes) is 11. The highest BCUT2D eigenvalue weighted by Gasteiger charge is 2.05. The van der Waals surface area contributed by atoms with Crippen molar-refractivity contribution in [3.8, 4) is 11.5 Å². The third-order valence-electron chi connectivity index (χ3n) is 5.35. The third-order valence-corrected chi connectivity index (χ3v) is 5.35. The molecule has 0 bridgehead atoms. The van der Waals surface area contributed by atoms with Crippen LogP contribution in [0.15, 0.2) is 36.4 Å². The summed E-state index contributed by atoms with van der Waals surface area (Å²) in [5.74, 6) is -1.24. The molecule has 0 saturated carbocycles. The average Bonchev–Trinajstić information content (AvgIpc) is 2.77. The van der Waals surface area contributed by atoms with Crippen molar-refractivity contribution in [2.45, 2.75) is 96.8 Å². The van der Waals surface area contributed by atoms with Gasteiger partial charge >= 0.3 is 0 Å². The molecule has 0 saturated heterocycles. The van der Waals surface area contributed by atoms with E-state index in [1.54, 1.807) is 6.07 Å². The van der Waals surface area contributed by atoms with Crippen LogP contribution in [0.2, 0.25) is 0 Å². The van der Waals surface area contributed by atoms with Crippen molar-refractivity contribution < 1.29 is 19.8 Å². The summed E-state index contributed by atoms with van der Waals surface area (Å²) in [4.78, 5) is 23.7. The summed E-state index contributed by atoms with van der Waals surface area (Å²) in [5, 5.41) is 21.0. The van der Waals surface area contributed by atoms with Crippen LogP contribution in [0.3, 0.4) is 0 Å². The molecular formula is C27H41NO4. The number of hydrogen-bond acceptors (Lipinski definition) is 4. The normalized spacial score (nSPS) is 11.4. The maximum absolute atomic E-state index is 11.8. The summed E-state index contributed by atoms with van der Waals surface area (Å²) in [5.41, 5.74) is 0.556. The second kappa shape index (κ2) is 18.1. The van der Waals surface area contributed by atoms with E-state index >= 15 is 0 Å². The van der Waals surface area contributed by atoms with Crippen molar-refractivity contribution >= 4 is 17.9 Å². The van der Waals surface area contributed by atoms with E-state index in [4.69, 9.17) is 0 Å². The van der Waals surface area contributed by atoms with Crippen LogP contribution < -0.4 is 5.32 Å². The van der Waals surface area contributed by atoms with Gasteiger partial charge in [0.05, 0.1) is 0 Å². The Morgan fingerprint density at radius 1 is 0.812 bits per heavy atom. The molecule has 1 rings (SSSR count). The van der Waals surface area contributed by atoms with Gasteiger partial charge < -0.3 is 10.2 Å². The van der Waals surface area contributed by atoms with Gasteiger partial charge in [-0.15, -0.1) is 0 Å². The fraction of sp³-hybridized carbons (Fsp3) is 0.556. The fourth-order valence-corrected chi connectivity index (χ4v) is 3.41. The Labute approximate surface area is 193 Å². The highest BCUT2D eigenvalue weighted by Crippen LogP contribution is 2.25. The van der Waals surface area contributed by atoms with E-state index in [0.717, 1.165) is 25.7 Å². The molecule has 0 radical (unpaired) electrons. The Hall–Kier alpha value is -2.56. The van der Waals surface area contributed by atoms with Gasteiger partial charge in [0.1, 0.15) is 0 Å². The van der Waals surface area contributed by atoms with Crippen molar-refractivity contribution in [3.05, 3.63) is 42.0 Å². The molecule has 0 aliphatic carbocycles. The highest BCUT2D eigenvalue weighted by molar-refractivity contribution is 6.02. The Bertz CT molecular complexity index is 724. The van der Waals surface area contributed by atoms with E-state index in [1.165, 1.54) is 82.1 Å². The summed E-state index contributed by atoms with van der Waals surface area (Å²) >= 11 is 0. The Kier molecular flexibility index (Phi) is 15.5. The zero-order valence-corrected chi connectivity index (χ0v) is 19.7. The van der Waals surface area contributed by atoms with Crippen LogP contribution >= 0.6 is 0 Å². The van der Waals surface area contributed by atoms with Gasteiger partial charge in [0.15, 0.2) is 11.5 Å². The van der Waals surface area contributed by atoms with E-state index in [-0.39, 0.29) is 17.4 Å². The minimum atomic E-state index is -0.490. The van der Waals surface area contributed by atoms with Gasteiger partial charge in [-0.2, -0.15) is 0 Å². The second-order valence-corrected chi connectivity index (χ2v) is 8.33. The average molecular weight is 444 g/mol. The minimum Gasteiger partial charge on any atom is -0.504 e. The molecule has 0 aliphatic heterocycles. The number of phenolic OH excluding ortho intramolecular Hbond substituents is 2. The lowest BCUT2D eigenvalue weighted by Crippen LogP contribution is -2.28. The number of carbonyl (C=O) groups excluding carboxylic acids is 2. The Morgan fingerprint density at radius 3 is 2.03 bits per heavy atom. The van der Waals surface area contributed by atoms with Crippen LogP contribution in [-0.4, -0.2) is 22.0 Å². The first kappa shape index (κ1) is 27.5. The van der Waals surface area contributed by atoms with Crippen LogP contribution in [0.1, 0.15) is 102 Å². The number of amides is 2. The standard InChI is InChI=1S/C27H41NO4/c1-2-3-4-5-6-7-8-9-10-11-12-13-14-15-16-17-26(31)28-27(32)21-19-23-18-20-24(29)25(30)22-23/h9-10,18-22,29-30H,2-8,11-17H2,1H3,(H,28,31,32)/b10-9-,21-19+. The van der Waals surface area contributed by atoms with E-state index in [2.05, 4.69) is 24.4 Å². The van der Waals surface area contributed by atoms with Gasteiger partial charge in [0.25, 0.3) is 5.91 Å². The first-order valence-corrected chi connectivity index (χ1v) is 12.2. The van der Waals surface area contributed by atoms with Gasteiger partial charge in [-0.3, -0.25) is 14.9 Å². The van der Waals surface area contributed by atoms with Crippen molar-refractivity contribution in [2.24, 2.45) is 0 Å². The number of allylic oxidation sites excluding steroid dienone is 2. The van der Waals surface area contributed by atoms with Crippen molar-refractivity contribution in [1.29, 1.82) is 0 Å². The molecule has 0 aromatic heterocycles. The fourth-order valence-electron chi connectivity index (χ4n) is 3.41. The van der Waals surface area contributed by atoms with E-state index in [9.17, 15) is 19.8 Å². The van der Waals surface area contributed by atoms with Gasteiger partial charge in [-0.25, -0.2) is 0 Å². The second-order valence-electron chi connectivity index (χ2n) is 8.33. The molecule has 1 aromatic carbocycles. The van der Waals surface area contributed by atoms with Crippen LogP contribution in [0.4, 0.5) is 0 Å². The number of rotatable bonds is 17. The lowest BCUT2D eigenvalue weighted by molar-refractivity contribution is -0.128. The van der Waals surface area contributed by atoms with Crippen molar-refractivity contribution in [3.63, 3.8) is 0 Å². The molecule has 32 heavy (non-hydrogen) atoms. The number of nitrogens with one attached hydrogen (secondary N) is 1. The number of hydrogen-bond donors (Lipinski definition) is 3. The van der Waals surface area contributed by atoms with E-state index < -0.39 is 5.91 Å². The van der Waals surface area contributed by atoms with Crippen LogP contribution in [0.5, 0.6) is 11.5 Å². The molecule has 1 aromatic rings. The Balaban J connectivity index is 1.98. The maximum atomic E-state index is 11.8. The SMILES string of the molecule is CCCCCCCC/C=C\CCCCCCCC(=O)NC(=O)/C=C/c1ccc(O)c(O)c1. The van der Waals surface area contributed by atoms with Gasteiger partial charge in [0, 0.05) is 12.5 Å². The summed E-state index contributed by atoms with van der Waals surface area (Å²) < 4.78 is 0. The monoisotopic (exact) mass is 443 g/mol. The first-order valence-electron chi connectivity index (χ1n) is 12.2. The van der Waals surface area contributed by atoms with E-state index in [1.807, 2.05) is 0 Å². The van der Waals surface area contributed by atoms with Crippen molar-refractivity contribution in [2.75, 3.05) is 0 Å². The molecule has 0 heterocycles. The van der Waals surface area contributed by atoms with Crippen LogP contribution in [0.25, 0.3) is 6.08 Å². The maximum Gasteiger partial charge on any atom is 0.250 e. The molecule has 0 aliphatic rings. The molecule has 0 atom stereocenters. The third kappa shape index (κ3) is 14.4. The summed E-state index contributed by atoms with van der Waals surface area (Å²) in [6, 6.07) is 4.24. The molecule has 178 valence electrons. The summed E-state index contributed by atoms with van der Waals surface area (Å²) in [6.07, 6.45) is 23.3. The minimum absolute atomic E-state index is 0.221. The molecule has 5 heteroatoms. The molecule has 5 nitrogen and oxygen atoms in total. The molecule has 0 fully saturated rings. The molecule has 0 spiro atoms. The quantitative estimate of drug-likeness (QED) is 0.107. The molecule has 0 unspecified atom stereocenters. The smallest absolute Gasteiger partial charge is 0.250 e. The number of carbonyl (C=O) groups is 2. The Morgan fingerprint density at radius 2 is 1.41 bits per heavy atom. The largest absolute Gasteiger partial charge is 0.504 e. The number of benzene rings is 1. The predicted molar refractivity (Wildman–Crippen MR) is 131 cm³/mol. The molecule has 2 amide bonds. The van der Waals surface area contributed by atoms with Gasteiger partial charge in [-0.1, -0.05) is 76.5 Å². The van der Waals surface area contributed by atoms with Crippen molar-refractivity contribution in [1.82, 2.24) is 5.32 Å². The molecule has 3 N–H and O–H groups in total. The summed E-state index contributed by atoms with van der Waals surface area (Å²) in [7, 11) is 0. The molecular weight excluding hydrogens is 402 g/mol. The zero-order chi connectivity index (χ0) is 23.4. The zero-order valence-electron chi connectivity index (χ0n) is 19.7. The lowest BCUT2D eigenvalue weighted by Gasteiger charge is -2.02. The lowest BCUT2D eigenvalue weighted by atomic mass is 10.1. The number of aromatic hydroxyl groups is 2. The summed E-state index contributed by atoms with van der Waals surface area (Å²) in [6.45, 7) is 2.25. The predicted octanol–water partition coefficient (Wildman–Crippen LogP) is 6.79. The van der Waals surface area contributed by atoms with Crippen LogP contribution in [0, 0.1) is 0 Å². The van der Waals surface area contributed by atoms with Gasteiger partial charge in [0.2, 0.25) is 5.91 Å². The van der Waals surface area contributed by atoms with E-state index in [0.29, 0.717) is 12.0 Å². The number of phenols is 2. The van der Waals surface area contributed by atoms with Gasteiger partial charge in [-0.05, 0) is 55.9 Å². The first-order chi connectivity index (χ1) is 15.5. The highest BCUT2D eigenvalue weighted by atomic mass is 16.3. The van der Waals surface area contributed by atoms with Crippen LogP contribution in [-0.2, 0) is 9.59 Å². The number of imide groups is 1.